The van der Waals surface area contributed by atoms with Gasteiger partial charge < -0.3 is 5.73 Å². The van der Waals surface area contributed by atoms with E-state index in [1.54, 1.807) is 0 Å². The maximum absolute atomic E-state index is 8.36. The van der Waals surface area contributed by atoms with Crippen LogP contribution in [0.25, 0.3) is 0 Å². The van der Waals surface area contributed by atoms with E-state index in [1.807, 2.05) is 17.5 Å². The fraction of sp³-hybridized carbons (Fsp3) is 0.286. The predicted octanol–water partition coefficient (Wildman–Crippen LogP) is 2.31. The zero-order valence-corrected chi connectivity index (χ0v) is 7.32. The van der Waals surface area contributed by atoms with E-state index in [0.29, 0.717) is 10.8 Å². The van der Waals surface area contributed by atoms with E-state index >= 15 is 0 Å². The molecule has 0 aliphatic heterocycles. The molecule has 0 aliphatic rings. The minimum absolute atomic E-state index is 0.237. The molecular weight excluding hydrogens is 180 g/mol. The maximum atomic E-state index is 8.36. The summed E-state index contributed by atoms with van der Waals surface area (Å²) in [6.45, 7) is 0. The Hall–Kier alpha value is -0.560. The summed E-state index contributed by atoms with van der Waals surface area (Å²) in [6, 6.07) is 3.62. The van der Waals surface area contributed by atoms with Crippen molar-refractivity contribution >= 4 is 22.9 Å². The first-order valence-corrected chi connectivity index (χ1v) is 4.37. The summed E-state index contributed by atoms with van der Waals surface area (Å²) in [5.41, 5.74) is 6.52. The highest BCUT2D eigenvalue weighted by atomic mass is 35.5. The molecule has 0 saturated heterocycles. The van der Waals surface area contributed by atoms with Gasteiger partial charge in [-0.25, -0.2) is 0 Å². The lowest BCUT2D eigenvalue weighted by atomic mass is 10.1. The maximum Gasteiger partial charge on any atom is 0.0976 e. The van der Waals surface area contributed by atoms with Crippen LogP contribution in [0.1, 0.15) is 18.0 Å². The van der Waals surface area contributed by atoms with Crippen LogP contribution in [-0.4, -0.2) is 0 Å². The van der Waals surface area contributed by atoms with Crippen LogP contribution in [0, 0.1) is 11.3 Å². The molecule has 0 fully saturated rings. The fourth-order valence-electron chi connectivity index (χ4n) is 0.778. The van der Waals surface area contributed by atoms with E-state index < -0.39 is 0 Å². The minimum Gasteiger partial charge on any atom is -0.323 e. The van der Waals surface area contributed by atoms with Crippen LogP contribution in [0.4, 0.5) is 0 Å². The fourth-order valence-corrected chi connectivity index (χ4v) is 1.83. The lowest BCUT2D eigenvalue weighted by Crippen LogP contribution is -2.08. The molecule has 1 heterocycles. The van der Waals surface area contributed by atoms with Crippen molar-refractivity contribution in [3.63, 3.8) is 0 Å². The second-order valence-corrected chi connectivity index (χ2v) is 3.64. The molecule has 0 aliphatic carbocycles. The summed E-state index contributed by atoms with van der Waals surface area (Å²) >= 11 is 7.23. The SMILES string of the molecule is N#CC[C@H](N)c1ccsc1Cl. The second kappa shape index (κ2) is 3.72. The third-order valence-electron chi connectivity index (χ3n) is 1.36. The molecule has 1 atom stereocenters. The summed E-state index contributed by atoms with van der Waals surface area (Å²) in [6.07, 6.45) is 0.316. The van der Waals surface area contributed by atoms with Gasteiger partial charge in [-0.2, -0.15) is 5.26 Å². The smallest absolute Gasteiger partial charge is 0.0976 e. The van der Waals surface area contributed by atoms with E-state index in [2.05, 4.69) is 0 Å². The van der Waals surface area contributed by atoms with Gasteiger partial charge in [-0.1, -0.05) is 11.6 Å². The van der Waals surface area contributed by atoms with Crippen molar-refractivity contribution in [2.24, 2.45) is 5.73 Å². The Bertz CT molecular complexity index is 276. The number of halogens is 1. The van der Waals surface area contributed by atoms with Crippen LogP contribution < -0.4 is 5.73 Å². The Morgan fingerprint density at radius 1 is 1.82 bits per heavy atom. The Kier molecular flexibility index (Phi) is 2.89. The number of nitriles is 1. The third kappa shape index (κ3) is 1.93. The van der Waals surface area contributed by atoms with Gasteiger partial charge in [-0.15, -0.1) is 11.3 Å². The van der Waals surface area contributed by atoms with Crippen molar-refractivity contribution in [2.75, 3.05) is 0 Å². The summed E-state index contributed by atoms with van der Waals surface area (Å²) in [7, 11) is 0. The van der Waals surface area contributed by atoms with Gasteiger partial charge >= 0.3 is 0 Å². The van der Waals surface area contributed by atoms with Gasteiger partial charge in [0.2, 0.25) is 0 Å². The topological polar surface area (TPSA) is 49.8 Å². The molecule has 2 N–H and O–H groups in total. The van der Waals surface area contributed by atoms with Crippen molar-refractivity contribution < 1.29 is 0 Å². The molecule has 1 rings (SSSR count). The average Bonchev–Trinajstić information content (AvgIpc) is 2.36. The first kappa shape index (κ1) is 8.54. The molecule has 58 valence electrons. The van der Waals surface area contributed by atoms with Gasteiger partial charge in [0, 0.05) is 6.04 Å². The zero-order chi connectivity index (χ0) is 8.27. The Morgan fingerprint density at radius 3 is 3.00 bits per heavy atom. The van der Waals surface area contributed by atoms with Crippen molar-refractivity contribution in [1.82, 2.24) is 0 Å². The highest BCUT2D eigenvalue weighted by Gasteiger charge is 2.09. The monoisotopic (exact) mass is 186 g/mol. The van der Waals surface area contributed by atoms with Gasteiger partial charge in [-0.05, 0) is 17.0 Å². The molecule has 1 aromatic heterocycles. The van der Waals surface area contributed by atoms with Crippen LogP contribution in [0.5, 0.6) is 0 Å². The van der Waals surface area contributed by atoms with E-state index in [4.69, 9.17) is 22.6 Å². The number of nitrogens with zero attached hydrogens (tertiary/aromatic N) is 1. The summed E-state index contributed by atoms with van der Waals surface area (Å²) in [4.78, 5) is 0. The third-order valence-corrected chi connectivity index (χ3v) is 2.56. The Morgan fingerprint density at radius 2 is 2.55 bits per heavy atom. The molecule has 0 radical (unpaired) electrons. The summed E-state index contributed by atoms with van der Waals surface area (Å²) in [5.74, 6) is 0. The van der Waals surface area contributed by atoms with Crippen LogP contribution in [0.15, 0.2) is 11.4 Å². The predicted molar refractivity (Wildman–Crippen MR) is 46.5 cm³/mol. The lowest BCUT2D eigenvalue weighted by Gasteiger charge is -2.03. The Labute approximate surface area is 74.2 Å². The average molecular weight is 187 g/mol. The van der Waals surface area contributed by atoms with E-state index in [1.165, 1.54) is 11.3 Å². The van der Waals surface area contributed by atoms with Gasteiger partial charge in [0.05, 0.1) is 16.8 Å². The van der Waals surface area contributed by atoms with Crippen LogP contribution in [0.2, 0.25) is 4.34 Å². The van der Waals surface area contributed by atoms with Gasteiger partial charge in [0.25, 0.3) is 0 Å². The summed E-state index contributed by atoms with van der Waals surface area (Å²) in [5, 5.41) is 10.2. The quantitative estimate of drug-likeness (QED) is 0.771. The van der Waals surface area contributed by atoms with E-state index in [0.717, 1.165) is 5.56 Å². The Balaban J connectivity index is 2.77. The van der Waals surface area contributed by atoms with Crippen molar-refractivity contribution in [3.8, 4) is 6.07 Å². The number of rotatable bonds is 2. The molecule has 0 saturated carbocycles. The molecule has 11 heavy (non-hydrogen) atoms. The van der Waals surface area contributed by atoms with Gasteiger partial charge in [0.1, 0.15) is 0 Å². The van der Waals surface area contributed by atoms with Gasteiger partial charge in [-0.3, -0.25) is 0 Å². The zero-order valence-electron chi connectivity index (χ0n) is 5.75. The number of hydrogen-bond donors (Lipinski definition) is 1. The molecule has 0 aromatic carbocycles. The standard InChI is InChI=1S/C7H7ClN2S/c8-7-5(2-4-11-7)6(10)1-3-9/h2,4,6H,1,10H2/t6-/m0/s1. The number of thiophene rings is 1. The van der Waals surface area contributed by atoms with E-state index in [9.17, 15) is 0 Å². The van der Waals surface area contributed by atoms with Crippen LogP contribution in [-0.2, 0) is 0 Å². The molecule has 0 unspecified atom stereocenters. The molecule has 0 spiro atoms. The normalized spacial score (nSPS) is 12.5. The van der Waals surface area contributed by atoms with Crippen molar-refractivity contribution in [2.45, 2.75) is 12.5 Å². The van der Waals surface area contributed by atoms with Crippen molar-refractivity contribution in [3.05, 3.63) is 21.3 Å². The van der Waals surface area contributed by atoms with Crippen LogP contribution in [0.3, 0.4) is 0 Å². The van der Waals surface area contributed by atoms with E-state index in [-0.39, 0.29) is 6.04 Å². The first-order valence-electron chi connectivity index (χ1n) is 3.11. The first-order chi connectivity index (χ1) is 5.25. The molecule has 1 aromatic rings. The molecular formula is C7H7ClN2S. The number of hydrogen-bond acceptors (Lipinski definition) is 3. The second-order valence-electron chi connectivity index (χ2n) is 2.12. The highest BCUT2D eigenvalue weighted by Crippen LogP contribution is 2.28. The largest absolute Gasteiger partial charge is 0.323 e. The molecule has 0 amide bonds. The van der Waals surface area contributed by atoms with Crippen molar-refractivity contribution in [1.29, 1.82) is 5.26 Å². The minimum atomic E-state index is -0.237. The van der Waals surface area contributed by atoms with Crippen LogP contribution >= 0.6 is 22.9 Å². The highest BCUT2D eigenvalue weighted by molar-refractivity contribution is 7.14. The summed E-state index contributed by atoms with van der Waals surface area (Å²) < 4.78 is 0.688. The molecule has 2 nitrogen and oxygen atoms in total. The molecule has 4 heteroatoms. The van der Waals surface area contributed by atoms with Gasteiger partial charge in [0.15, 0.2) is 0 Å². The number of nitrogens with two attached hydrogens (primary N) is 1. The lowest BCUT2D eigenvalue weighted by molar-refractivity contribution is 0.752. The molecule has 0 bridgehead atoms.